The fourth-order valence-electron chi connectivity index (χ4n) is 3.51. The highest BCUT2D eigenvalue weighted by atomic mass is 32.2. The number of hydrogen-bond donors (Lipinski definition) is 0. The molecular weight excluding hydrogens is 384 g/mol. The largest absolute Gasteiger partial charge is 0.740 e. The highest BCUT2D eigenvalue weighted by Gasteiger charge is 2.31. The van der Waals surface area contributed by atoms with E-state index in [4.69, 9.17) is 12.6 Å². The maximum absolute atomic E-state index is 13.5. The van der Waals surface area contributed by atoms with E-state index in [0.717, 1.165) is 33.6 Å². The Kier molecular flexibility index (Phi) is 3.47. The van der Waals surface area contributed by atoms with Crippen LogP contribution in [0.1, 0.15) is 24.3 Å². The normalized spacial score (nSPS) is 16.2. The zero-order chi connectivity index (χ0) is 18.1. The Labute approximate surface area is 163 Å². The molecular formula is C18H15N4OS3-. The van der Waals surface area contributed by atoms with E-state index >= 15 is 0 Å². The molecule has 0 radical (unpaired) electrons. The Balaban J connectivity index is 1.97. The summed E-state index contributed by atoms with van der Waals surface area (Å²) in [6.45, 7) is 4.46. The number of rotatable bonds is 1. The van der Waals surface area contributed by atoms with Gasteiger partial charge >= 0.3 is 0 Å². The molecule has 4 heterocycles. The summed E-state index contributed by atoms with van der Waals surface area (Å²) in [5.41, 5.74) is 1.89. The van der Waals surface area contributed by atoms with Crippen LogP contribution < -0.4 is 5.56 Å². The monoisotopic (exact) mass is 399 g/mol. The molecule has 0 fully saturated rings. The number of para-hydroxylation sites is 1. The quantitative estimate of drug-likeness (QED) is 0.458. The molecule has 0 N–H and O–H groups in total. The summed E-state index contributed by atoms with van der Waals surface area (Å²) in [4.78, 5) is 15.7. The van der Waals surface area contributed by atoms with Gasteiger partial charge < -0.3 is 12.6 Å². The average Bonchev–Trinajstić information content (AvgIpc) is 3.16. The number of hydrogen-bond acceptors (Lipinski definition) is 6. The van der Waals surface area contributed by atoms with Crippen molar-refractivity contribution >= 4 is 51.7 Å². The van der Waals surface area contributed by atoms with Crippen molar-refractivity contribution in [1.82, 2.24) is 19.2 Å². The van der Waals surface area contributed by atoms with Crippen molar-refractivity contribution in [2.24, 2.45) is 0 Å². The maximum Gasteiger partial charge on any atom is 0.268 e. The lowest BCUT2D eigenvalue weighted by Crippen LogP contribution is -2.26. The van der Waals surface area contributed by atoms with Gasteiger partial charge in [-0.25, -0.2) is 4.57 Å². The minimum absolute atomic E-state index is 0.0405. The van der Waals surface area contributed by atoms with Crippen molar-refractivity contribution in [3.63, 3.8) is 0 Å². The second-order valence-corrected chi connectivity index (χ2v) is 10.1. The molecule has 8 heteroatoms. The van der Waals surface area contributed by atoms with E-state index in [1.54, 1.807) is 15.9 Å². The second-order valence-electron chi connectivity index (χ2n) is 7.00. The smallest absolute Gasteiger partial charge is 0.268 e. The highest BCUT2D eigenvalue weighted by Crippen LogP contribution is 2.44. The van der Waals surface area contributed by atoms with Gasteiger partial charge in [0.2, 0.25) is 5.78 Å². The van der Waals surface area contributed by atoms with Gasteiger partial charge in [-0.1, -0.05) is 32.0 Å². The fraction of sp³-hybridized carbons (Fsp3) is 0.278. The van der Waals surface area contributed by atoms with Crippen molar-refractivity contribution in [3.8, 4) is 5.69 Å². The van der Waals surface area contributed by atoms with Gasteiger partial charge in [0.1, 0.15) is 4.83 Å². The standard InChI is InChI=1S/C18H16N4OS3/c1-18(2)8-11-12(9-25-18)26-15-13(11)14(23)21(10-6-4-3-5-7-10)16-19-20-17(24)22(15)16/h3-7H,8-9H2,1-2H3,(H,20,24)/p-1. The molecule has 5 rings (SSSR count). The molecule has 5 nitrogen and oxygen atoms in total. The molecule has 1 aliphatic rings. The van der Waals surface area contributed by atoms with Gasteiger partial charge in [0, 0.05) is 20.5 Å². The summed E-state index contributed by atoms with van der Waals surface area (Å²) in [6.07, 6.45) is 0.872. The van der Waals surface area contributed by atoms with E-state index in [1.807, 2.05) is 46.5 Å². The number of benzene rings is 1. The van der Waals surface area contributed by atoms with Gasteiger partial charge in [-0.15, -0.1) is 28.2 Å². The topological polar surface area (TPSA) is 52.2 Å². The Morgan fingerprint density at radius 3 is 2.73 bits per heavy atom. The van der Waals surface area contributed by atoms with Crippen molar-refractivity contribution in [2.45, 2.75) is 35.9 Å². The van der Waals surface area contributed by atoms with Gasteiger partial charge in [-0.3, -0.25) is 9.20 Å². The summed E-state index contributed by atoms with van der Waals surface area (Å²) >= 11 is 9.01. The predicted octanol–water partition coefficient (Wildman–Crippen LogP) is 3.57. The van der Waals surface area contributed by atoms with E-state index in [-0.39, 0.29) is 10.3 Å². The van der Waals surface area contributed by atoms with Gasteiger partial charge in [-0.05, 0) is 24.1 Å². The Bertz CT molecular complexity index is 1220. The van der Waals surface area contributed by atoms with E-state index in [1.165, 1.54) is 4.88 Å². The summed E-state index contributed by atoms with van der Waals surface area (Å²) < 4.78 is 3.59. The van der Waals surface area contributed by atoms with Crippen LogP contribution >= 0.6 is 23.1 Å². The number of fused-ring (bicyclic) bond motifs is 5. The average molecular weight is 400 g/mol. The third-order valence-electron chi connectivity index (χ3n) is 4.72. The molecule has 1 aliphatic heterocycles. The van der Waals surface area contributed by atoms with Crippen LogP contribution in [-0.4, -0.2) is 23.9 Å². The second kappa shape index (κ2) is 5.55. The lowest BCUT2D eigenvalue weighted by molar-refractivity contribution is 0.699. The van der Waals surface area contributed by atoms with Crippen molar-refractivity contribution in [1.29, 1.82) is 0 Å². The lowest BCUT2D eigenvalue weighted by Gasteiger charge is -2.28. The molecule has 132 valence electrons. The molecule has 26 heavy (non-hydrogen) atoms. The van der Waals surface area contributed by atoms with Gasteiger partial charge in [-0.2, -0.15) is 5.10 Å². The highest BCUT2D eigenvalue weighted by molar-refractivity contribution is 8.00. The Morgan fingerprint density at radius 1 is 1.19 bits per heavy atom. The summed E-state index contributed by atoms with van der Waals surface area (Å²) in [5, 5.41) is 9.44. The SMILES string of the molecule is CC1(C)Cc2c(sc3c2c(=O)n(-c2ccccc2)c2nnc([S-])n32)CS1. The van der Waals surface area contributed by atoms with Crippen molar-refractivity contribution in [2.75, 3.05) is 0 Å². The van der Waals surface area contributed by atoms with Crippen molar-refractivity contribution in [3.05, 3.63) is 51.1 Å². The van der Waals surface area contributed by atoms with Gasteiger partial charge in [0.25, 0.3) is 5.56 Å². The van der Waals surface area contributed by atoms with Crippen LogP contribution in [0.25, 0.3) is 21.7 Å². The first-order valence-corrected chi connectivity index (χ1v) is 10.5. The Morgan fingerprint density at radius 2 is 1.96 bits per heavy atom. The predicted molar refractivity (Wildman–Crippen MR) is 109 cm³/mol. The van der Waals surface area contributed by atoms with Crippen LogP contribution in [-0.2, 0) is 24.8 Å². The van der Waals surface area contributed by atoms with Crippen LogP contribution in [0.4, 0.5) is 0 Å². The molecule has 0 aliphatic carbocycles. The third kappa shape index (κ3) is 2.25. The summed E-state index contributed by atoms with van der Waals surface area (Å²) in [7, 11) is 0. The van der Waals surface area contributed by atoms with Crippen LogP contribution in [0, 0.1) is 0 Å². The Hall–Kier alpha value is -1.90. The molecule has 0 spiro atoms. The zero-order valence-corrected chi connectivity index (χ0v) is 16.7. The first kappa shape index (κ1) is 16.3. The summed E-state index contributed by atoms with van der Waals surface area (Å²) in [5.74, 6) is 1.40. The molecule has 0 amide bonds. The van der Waals surface area contributed by atoms with E-state index in [2.05, 4.69) is 24.0 Å². The molecule has 0 unspecified atom stereocenters. The van der Waals surface area contributed by atoms with Crippen molar-refractivity contribution < 1.29 is 0 Å². The molecule has 0 saturated heterocycles. The number of aromatic nitrogens is 4. The fourth-order valence-corrected chi connectivity index (χ4v) is 6.24. The first-order chi connectivity index (χ1) is 12.5. The number of thioether (sulfide) groups is 1. The lowest BCUT2D eigenvalue weighted by atomic mass is 10.00. The van der Waals surface area contributed by atoms with Crippen LogP contribution in [0.2, 0.25) is 0 Å². The minimum Gasteiger partial charge on any atom is -0.740 e. The molecule has 0 atom stereocenters. The molecule has 3 aromatic heterocycles. The molecule has 0 bridgehead atoms. The number of nitrogens with zero attached hydrogens (tertiary/aromatic N) is 4. The summed E-state index contributed by atoms with van der Waals surface area (Å²) in [6, 6.07) is 9.57. The van der Waals surface area contributed by atoms with Crippen LogP contribution in [0.15, 0.2) is 40.3 Å². The minimum atomic E-state index is -0.0405. The maximum atomic E-state index is 13.5. The van der Waals surface area contributed by atoms with Gasteiger partial charge in [0.15, 0.2) is 0 Å². The van der Waals surface area contributed by atoms with E-state index in [0.29, 0.717) is 10.9 Å². The third-order valence-corrected chi connectivity index (χ3v) is 7.74. The molecule has 0 saturated carbocycles. The molecule has 1 aromatic carbocycles. The number of thiophene rings is 1. The van der Waals surface area contributed by atoms with E-state index in [9.17, 15) is 4.79 Å². The van der Waals surface area contributed by atoms with Crippen LogP contribution in [0.5, 0.6) is 0 Å². The van der Waals surface area contributed by atoms with E-state index < -0.39 is 0 Å². The van der Waals surface area contributed by atoms with Gasteiger partial charge in [0.05, 0.1) is 11.1 Å². The first-order valence-electron chi connectivity index (χ1n) is 8.27. The zero-order valence-electron chi connectivity index (χ0n) is 14.2. The molecule has 4 aromatic rings. The van der Waals surface area contributed by atoms with Crippen LogP contribution in [0.3, 0.4) is 0 Å².